The van der Waals surface area contributed by atoms with Crippen molar-refractivity contribution in [2.45, 2.75) is 13.5 Å². The average Bonchev–Trinajstić information content (AvgIpc) is 3.03. The van der Waals surface area contributed by atoms with Crippen molar-refractivity contribution in [1.82, 2.24) is 10.2 Å². The van der Waals surface area contributed by atoms with Gasteiger partial charge >= 0.3 is 5.69 Å². The number of ether oxygens (including phenoxy) is 1. The Morgan fingerprint density at radius 3 is 2.67 bits per heavy atom. The number of aryl methyl sites for hydroxylation is 1. The van der Waals surface area contributed by atoms with Crippen LogP contribution in [0.15, 0.2) is 51.4 Å². The second-order valence-electron chi connectivity index (χ2n) is 5.02. The summed E-state index contributed by atoms with van der Waals surface area (Å²) < 4.78 is 11.9. The first-order valence-corrected chi connectivity index (χ1v) is 7.78. The minimum absolute atomic E-state index is 0.0482. The summed E-state index contributed by atoms with van der Waals surface area (Å²) in [7, 11) is 0. The lowest BCUT2D eigenvalue weighted by Crippen LogP contribution is -1.99. The molecule has 0 bridgehead atoms. The molecule has 0 fully saturated rings. The zero-order valence-corrected chi connectivity index (χ0v) is 14.2. The molecule has 3 rings (SSSR count). The van der Waals surface area contributed by atoms with E-state index in [1.165, 1.54) is 6.07 Å². The smallest absolute Gasteiger partial charge is 0.311 e. The fourth-order valence-electron chi connectivity index (χ4n) is 2.05. The Morgan fingerprint density at radius 1 is 1.21 bits per heavy atom. The summed E-state index contributed by atoms with van der Waals surface area (Å²) in [5, 5.41) is 18.9. The molecule has 1 aromatic heterocycles. The molecule has 122 valence electrons. The molecule has 0 unspecified atom stereocenters. The van der Waals surface area contributed by atoms with E-state index in [1.54, 1.807) is 19.1 Å². The molecule has 2 aromatic carbocycles. The van der Waals surface area contributed by atoms with Crippen LogP contribution >= 0.6 is 15.9 Å². The highest BCUT2D eigenvalue weighted by Crippen LogP contribution is 2.28. The number of nitro groups is 1. The first-order valence-electron chi connectivity index (χ1n) is 6.99. The SMILES string of the molecule is Cc1ccc(OCc2nnc(-c3ccc(Br)cc3)o2)c([N+](=O)[O-])c1. The topological polar surface area (TPSA) is 91.3 Å². The third-order valence-electron chi connectivity index (χ3n) is 3.22. The Balaban J connectivity index is 1.74. The molecule has 0 spiro atoms. The van der Waals surface area contributed by atoms with Crippen molar-refractivity contribution >= 4 is 21.6 Å². The minimum Gasteiger partial charge on any atom is -0.477 e. The maximum Gasteiger partial charge on any atom is 0.311 e. The van der Waals surface area contributed by atoms with Crippen molar-refractivity contribution in [3.8, 4) is 17.2 Å². The van der Waals surface area contributed by atoms with Crippen LogP contribution in [0.3, 0.4) is 0 Å². The van der Waals surface area contributed by atoms with E-state index in [4.69, 9.17) is 9.15 Å². The van der Waals surface area contributed by atoms with Gasteiger partial charge in [-0.05, 0) is 42.8 Å². The van der Waals surface area contributed by atoms with Crippen LogP contribution in [-0.2, 0) is 6.61 Å². The molecular weight excluding hydrogens is 378 g/mol. The number of benzene rings is 2. The van der Waals surface area contributed by atoms with Gasteiger partial charge in [0.25, 0.3) is 5.89 Å². The van der Waals surface area contributed by atoms with Crippen molar-refractivity contribution in [2.24, 2.45) is 0 Å². The van der Waals surface area contributed by atoms with E-state index < -0.39 is 4.92 Å². The van der Waals surface area contributed by atoms with Gasteiger partial charge in [-0.15, -0.1) is 10.2 Å². The molecule has 0 aliphatic heterocycles. The van der Waals surface area contributed by atoms with E-state index in [-0.39, 0.29) is 23.9 Å². The summed E-state index contributed by atoms with van der Waals surface area (Å²) in [6.07, 6.45) is 0. The average molecular weight is 390 g/mol. The third kappa shape index (κ3) is 3.60. The molecule has 0 amide bonds. The van der Waals surface area contributed by atoms with Crippen LogP contribution in [0.25, 0.3) is 11.5 Å². The fourth-order valence-corrected chi connectivity index (χ4v) is 2.32. The molecule has 24 heavy (non-hydrogen) atoms. The van der Waals surface area contributed by atoms with Gasteiger partial charge in [0.2, 0.25) is 5.89 Å². The number of halogens is 1. The first kappa shape index (κ1) is 16.1. The zero-order chi connectivity index (χ0) is 17.1. The van der Waals surface area contributed by atoms with Crippen molar-refractivity contribution in [3.63, 3.8) is 0 Å². The molecule has 0 radical (unpaired) electrons. The minimum atomic E-state index is -0.483. The van der Waals surface area contributed by atoms with Crippen molar-refractivity contribution in [2.75, 3.05) is 0 Å². The van der Waals surface area contributed by atoms with Gasteiger partial charge in [-0.2, -0.15) is 0 Å². The maximum absolute atomic E-state index is 11.1. The quantitative estimate of drug-likeness (QED) is 0.477. The summed E-state index contributed by atoms with van der Waals surface area (Å²) >= 11 is 3.36. The van der Waals surface area contributed by atoms with Crippen molar-refractivity contribution < 1.29 is 14.1 Å². The Kier molecular flexibility index (Phi) is 4.57. The lowest BCUT2D eigenvalue weighted by Gasteiger charge is -2.04. The number of hydrogen-bond donors (Lipinski definition) is 0. The van der Waals surface area contributed by atoms with Gasteiger partial charge in [0, 0.05) is 16.1 Å². The lowest BCUT2D eigenvalue weighted by atomic mass is 10.2. The molecule has 0 aliphatic rings. The summed E-state index contributed by atoms with van der Waals surface area (Å²) in [6.45, 7) is 1.73. The van der Waals surface area contributed by atoms with Crippen LogP contribution in [-0.4, -0.2) is 15.1 Å². The summed E-state index contributed by atoms with van der Waals surface area (Å²) in [5.41, 5.74) is 1.46. The normalized spacial score (nSPS) is 10.6. The molecule has 3 aromatic rings. The van der Waals surface area contributed by atoms with Gasteiger partial charge in [-0.3, -0.25) is 10.1 Å². The molecule has 8 heteroatoms. The predicted octanol–water partition coefficient (Wildman–Crippen LogP) is 4.29. The van der Waals surface area contributed by atoms with Gasteiger partial charge in [-0.25, -0.2) is 0 Å². The fraction of sp³-hybridized carbons (Fsp3) is 0.125. The first-order chi connectivity index (χ1) is 11.5. The lowest BCUT2D eigenvalue weighted by molar-refractivity contribution is -0.386. The monoisotopic (exact) mass is 389 g/mol. The zero-order valence-electron chi connectivity index (χ0n) is 12.6. The van der Waals surface area contributed by atoms with Crippen molar-refractivity contribution in [1.29, 1.82) is 0 Å². The molecule has 0 N–H and O–H groups in total. The second kappa shape index (κ2) is 6.79. The van der Waals surface area contributed by atoms with Crippen LogP contribution in [0.4, 0.5) is 5.69 Å². The van der Waals surface area contributed by atoms with E-state index in [1.807, 2.05) is 24.3 Å². The molecule has 0 atom stereocenters. The van der Waals surface area contributed by atoms with Gasteiger partial charge in [0.15, 0.2) is 12.4 Å². The number of nitro benzene ring substituents is 1. The van der Waals surface area contributed by atoms with E-state index in [0.29, 0.717) is 5.89 Å². The van der Waals surface area contributed by atoms with Gasteiger partial charge < -0.3 is 9.15 Å². The van der Waals surface area contributed by atoms with E-state index in [2.05, 4.69) is 26.1 Å². The molecule has 1 heterocycles. The second-order valence-corrected chi connectivity index (χ2v) is 5.94. The van der Waals surface area contributed by atoms with Gasteiger partial charge in [-0.1, -0.05) is 22.0 Å². The third-order valence-corrected chi connectivity index (χ3v) is 3.75. The summed E-state index contributed by atoms with van der Waals surface area (Å²) in [6, 6.07) is 12.2. The van der Waals surface area contributed by atoms with Crippen LogP contribution < -0.4 is 4.74 Å². The molecular formula is C16H12BrN3O4. The molecule has 7 nitrogen and oxygen atoms in total. The van der Waals surface area contributed by atoms with Crippen LogP contribution in [0.1, 0.15) is 11.5 Å². The highest BCUT2D eigenvalue weighted by atomic mass is 79.9. The number of rotatable bonds is 5. The number of aromatic nitrogens is 2. The maximum atomic E-state index is 11.1. The summed E-state index contributed by atoms with van der Waals surface area (Å²) in [5.74, 6) is 0.760. The molecule has 0 aliphatic carbocycles. The van der Waals surface area contributed by atoms with E-state index in [9.17, 15) is 10.1 Å². The highest BCUT2D eigenvalue weighted by Gasteiger charge is 2.16. The number of nitrogens with zero attached hydrogens (tertiary/aromatic N) is 3. The van der Waals surface area contributed by atoms with Crippen LogP contribution in [0, 0.1) is 17.0 Å². The predicted molar refractivity (Wildman–Crippen MR) is 89.6 cm³/mol. The number of hydrogen-bond acceptors (Lipinski definition) is 6. The largest absolute Gasteiger partial charge is 0.477 e. The van der Waals surface area contributed by atoms with Crippen molar-refractivity contribution in [3.05, 3.63) is 68.5 Å². The van der Waals surface area contributed by atoms with Gasteiger partial charge in [0.1, 0.15) is 0 Å². The van der Waals surface area contributed by atoms with E-state index in [0.717, 1.165) is 15.6 Å². The van der Waals surface area contributed by atoms with Gasteiger partial charge in [0.05, 0.1) is 4.92 Å². The van der Waals surface area contributed by atoms with Crippen LogP contribution in [0.5, 0.6) is 5.75 Å². The Labute approximate surface area is 145 Å². The van der Waals surface area contributed by atoms with Crippen LogP contribution in [0.2, 0.25) is 0 Å². The Bertz CT molecular complexity index is 877. The Hall–Kier alpha value is -2.74. The Morgan fingerprint density at radius 2 is 1.96 bits per heavy atom. The molecule has 0 saturated carbocycles. The van der Waals surface area contributed by atoms with E-state index >= 15 is 0 Å². The highest BCUT2D eigenvalue weighted by molar-refractivity contribution is 9.10. The molecule has 0 saturated heterocycles. The standard InChI is InChI=1S/C16H12BrN3O4/c1-10-2-7-14(13(8-10)20(21)22)23-9-15-18-19-16(24-15)11-3-5-12(17)6-4-11/h2-8H,9H2,1H3. The summed E-state index contributed by atoms with van der Waals surface area (Å²) in [4.78, 5) is 10.6.